The van der Waals surface area contributed by atoms with Gasteiger partial charge in [0, 0.05) is 6.42 Å². The van der Waals surface area contributed by atoms with E-state index < -0.39 is 17.4 Å². The first kappa shape index (κ1) is 14.4. The molecule has 0 aromatic heterocycles. The van der Waals surface area contributed by atoms with Crippen LogP contribution in [0.1, 0.15) is 52.9 Å². The first-order valence-electron chi connectivity index (χ1n) is 7.29. The monoisotopic (exact) mass is 267 g/mol. The smallest absolute Gasteiger partial charge is 0.326 e. The fourth-order valence-electron chi connectivity index (χ4n) is 3.73. The second kappa shape index (κ2) is 5.14. The van der Waals surface area contributed by atoms with Crippen molar-refractivity contribution in [2.45, 2.75) is 58.9 Å². The van der Waals surface area contributed by atoms with Crippen molar-refractivity contribution in [2.24, 2.45) is 23.2 Å². The van der Waals surface area contributed by atoms with Crippen molar-refractivity contribution in [3.8, 4) is 0 Å². The molecule has 1 amide bonds. The van der Waals surface area contributed by atoms with E-state index >= 15 is 0 Å². The number of carbonyl (C=O) groups excluding carboxylic acids is 1. The molecule has 2 aliphatic rings. The van der Waals surface area contributed by atoms with Crippen LogP contribution in [0.15, 0.2) is 0 Å². The summed E-state index contributed by atoms with van der Waals surface area (Å²) in [4.78, 5) is 23.3. The maximum atomic E-state index is 12.1. The summed E-state index contributed by atoms with van der Waals surface area (Å²) >= 11 is 0. The van der Waals surface area contributed by atoms with Crippen LogP contribution in [0, 0.1) is 23.2 Å². The molecule has 2 bridgehead atoms. The summed E-state index contributed by atoms with van der Waals surface area (Å²) in [6, 6.07) is -0.807. The zero-order valence-electron chi connectivity index (χ0n) is 12.1. The van der Waals surface area contributed by atoms with Gasteiger partial charge in [-0.3, -0.25) is 4.79 Å². The minimum atomic E-state index is -0.950. The van der Waals surface area contributed by atoms with Crippen molar-refractivity contribution in [1.82, 2.24) is 5.32 Å². The third kappa shape index (κ3) is 3.28. The Kier molecular flexibility index (Phi) is 3.88. The van der Waals surface area contributed by atoms with E-state index in [-0.39, 0.29) is 5.91 Å². The van der Waals surface area contributed by atoms with Gasteiger partial charge in [0.1, 0.15) is 6.04 Å². The Morgan fingerprint density at radius 3 is 2.37 bits per heavy atom. The zero-order valence-corrected chi connectivity index (χ0v) is 12.1. The number of rotatable bonds is 4. The minimum Gasteiger partial charge on any atom is -0.480 e. The first-order valence-corrected chi connectivity index (χ1v) is 7.29. The number of carboxylic acid groups (broad SMARTS) is 1. The van der Waals surface area contributed by atoms with E-state index in [1.54, 1.807) is 0 Å². The van der Waals surface area contributed by atoms with E-state index in [4.69, 9.17) is 0 Å². The number of nitrogens with one attached hydrogen (secondary N) is 1. The summed E-state index contributed by atoms with van der Waals surface area (Å²) in [5, 5.41) is 11.9. The number of aliphatic carboxylic acids is 1. The normalized spacial score (nSPS) is 31.2. The maximum Gasteiger partial charge on any atom is 0.326 e. The largest absolute Gasteiger partial charge is 0.480 e. The Bertz CT molecular complexity index is 372. The van der Waals surface area contributed by atoms with Gasteiger partial charge < -0.3 is 10.4 Å². The van der Waals surface area contributed by atoms with Gasteiger partial charge in [-0.15, -0.1) is 0 Å². The van der Waals surface area contributed by atoms with E-state index in [1.807, 2.05) is 20.8 Å². The van der Waals surface area contributed by atoms with Crippen LogP contribution >= 0.6 is 0 Å². The lowest BCUT2D eigenvalue weighted by atomic mass is 9.84. The standard InChI is InChI=1S/C15H25NO3/c1-15(2,3)13(14(18)19)16-12(17)8-11-7-9-4-5-10(11)6-9/h9-11,13H,4-8H2,1-3H3,(H,16,17)(H,18,19)/t9?,10?,11?,13-/m0/s1. The third-order valence-electron chi connectivity index (χ3n) is 4.75. The van der Waals surface area contributed by atoms with Crippen LogP contribution in [-0.2, 0) is 9.59 Å². The topological polar surface area (TPSA) is 66.4 Å². The van der Waals surface area contributed by atoms with E-state index in [9.17, 15) is 14.7 Å². The van der Waals surface area contributed by atoms with Gasteiger partial charge in [-0.25, -0.2) is 4.79 Å². The average Bonchev–Trinajstić information content (AvgIpc) is 2.85. The quantitative estimate of drug-likeness (QED) is 0.822. The van der Waals surface area contributed by atoms with E-state index in [0.717, 1.165) is 12.3 Å². The molecule has 0 aromatic carbocycles. The van der Waals surface area contributed by atoms with Gasteiger partial charge in [-0.1, -0.05) is 27.2 Å². The molecule has 0 aromatic rings. The molecule has 19 heavy (non-hydrogen) atoms. The summed E-state index contributed by atoms with van der Waals surface area (Å²) in [6.45, 7) is 5.51. The zero-order chi connectivity index (χ0) is 14.2. The SMILES string of the molecule is CC(C)(C)[C@@H](NC(=O)CC1CC2CCC1C2)C(=O)O. The molecule has 2 rings (SSSR count). The predicted molar refractivity (Wildman–Crippen MR) is 72.6 cm³/mol. The molecule has 4 heteroatoms. The van der Waals surface area contributed by atoms with Gasteiger partial charge in [-0.05, 0) is 42.4 Å². The Morgan fingerprint density at radius 1 is 1.26 bits per heavy atom. The molecule has 0 spiro atoms. The van der Waals surface area contributed by atoms with Gasteiger partial charge in [0.25, 0.3) is 0 Å². The van der Waals surface area contributed by atoms with Crippen LogP contribution in [0.25, 0.3) is 0 Å². The predicted octanol–water partition coefficient (Wildman–Crippen LogP) is 2.43. The first-order chi connectivity index (χ1) is 8.77. The Morgan fingerprint density at radius 2 is 1.95 bits per heavy atom. The number of hydrogen-bond acceptors (Lipinski definition) is 2. The van der Waals surface area contributed by atoms with Crippen LogP contribution in [0.2, 0.25) is 0 Å². The Labute approximate surface area is 115 Å². The molecular formula is C15H25NO3. The molecule has 0 saturated heterocycles. The lowest BCUT2D eigenvalue weighted by molar-refractivity contribution is -0.145. The highest BCUT2D eigenvalue weighted by Gasteiger charge is 2.41. The van der Waals surface area contributed by atoms with E-state index in [2.05, 4.69) is 5.32 Å². The molecule has 108 valence electrons. The fourth-order valence-corrected chi connectivity index (χ4v) is 3.73. The highest BCUT2D eigenvalue weighted by Crippen LogP contribution is 2.49. The molecule has 0 heterocycles. The van der Waals surface area contributed by atoms with Crippen molar-refractivity contribution in [3.05, 3.63) is 0 Å². The molecule has 2 N–H and O–H groups in total. The molecule has 3 unspecified atom stereocenters. The number of carbonyl (C=O) groups is 2. The molecule has 2 saturated carbocycles. The summed E-state index contributed by atoms with van der Waals surface area (Å²) < 4.78 is 0. The Balaban J connectivity index is 1.88. The second-order valence-electron chi connectivity index (χ2n) is 7.34. The molecular weight excluding hydrogens is 242 g/mol. The molecule has 2 fully saturated rings. The summed E-state index contributed by atoms with van der Waals surface area (Å²) in [7, 11) is 0. The lowest BCUT2D eigenvalue weighted by Crippen LogP contribution is -2.49. The van der Waals surface area contributed by atoms with Crippen molar-refractivity contribution in [2.75, 3.05) is 0 Å². The van der Waals surface area contributed by atoms with E-state index in [0.29, 0.717) is 18.3 Å². The van der Waals surface area contributed by atoms with Crippen LogP contribution in [-0.4, -0.2) is 23.0 Å². The van der Waals surface area contributed by atoms with Crippen LogP contribution in [0.3, 0.4) is 0 Å². The molecule has 4 nitrogen and oxygen atoms in total. The molecule has 4 atom stereocenters. The number of carboxylic acids is 1. The van der Waals surface area contributed by atoms with Gasteiger partial charge in [0.15, 0.2) is 0 Å². The summed E-state index contributed by atoms with van der Waals surface area (Å²) in [5.41, 5.74) is -0.462. The summed E-state index contributed by atoms with van der Waals surface area (Å²) in [6.07, 6.45) is 5.51. The number of hydrogen-bond donors (Lipinski definition) is 2. The average molecular weight is 267 g/mol. The minimum absolute atomic E-state index is 0.0973. The van der Waals surface area contributed by atoms with Crippen LogP contribution < -0.4 is 5.32 Å². The highest BCUT2D eigenvalue weighted by molar-refractivity contribution is 5.84. The van der Waals surface area contributed by atoms with Crippen molar-refractivity contribution in [1.29, 1.82) is 0 Å². The van der Waals surface area contributed by atoms with Crippen molar-refractivity contribution < 1.29 is 14.7 Å². The Hall–Kier alpha value is -1.06. The van der Waals surface area contributed by atoms with Gasteiger partial charge in [-0.2, -0.15) is 0 Å². The van der Waals surface area contributed by atoms with E-state index in [1.165, 1.54) is 19.3 Å². The van der Waals surface area contributed by atoms with Crippen molar-refractivity contribution in [3.63, 3.8) is 0 Å². The van der Waals surface area contributed by atoms with Crippen molar-refractivity contribution >= 4 is 11.9 Å². The van der Waals surface area contributed by atoms with Crippen LogP contribution in [0.4, 0.5) is 0 Å². The lowest BCUT2D eigenvalue weighted by Gasteiger charge is -2.29. The van der Waals surface area contributed by atoms with Gasteiger partial charge in [0.2, 0.25) is 5.91 Å². The molecule has 2 aliphatic carbocycles. The fraction of sp³-hybridized carbons (Fsp3) is 0.867. The summed E-state index contributed by atoms with van der Waals surface area (Å²) in [5.74, 6) is 0.955. The highest BCUT2D eigenvalue weighted by atomic mass is 16.4. The second-order valence-corrected chi connectivity index (χ2v) is 7.34. The maximum absolute atomic E-state index is 12.1. The van der Waals surface area contributed by atoms with Gasteiger partial charge >= 0.3 is 5.97 Å². The molecule has 0 aliphatic heterocycles. The number of amides is 1. The number of fused-ring (bicyclic) bond motifs is 2. The van der Waals surface area contributed by atoms with Gasteiger partial charge in [0.05, 0.1) is 0 Å². The molecule has 0 radical (unpaired) electrons. The van der Waals surface area contributed by atoms with Crippen LogP contribution in [0.5, 0.6) is 0 Å². The third-order valence-corrected chi connectivity index (χ3v) is 4.75.